The van der Waals surface area contributed by atoms with Crippen molar-refractivity contribution in [3.63, 3.8) is 0 Å². The Balaban J connectivity index is 2.26. The van der Waals surface area contributed by atoms with Crippen LogP contribution in [0.25, 0.3) is 0 Å². The van der Waals surface area contributed by atoms with Gasteiger partial charge in [0.05, 0.1) is 12.2 Å². The summed E-state index contributed by atoms with van der Waals surface area (Å²) in [5, 5.41) is 6.20. The van der Waals surface area contributed by atoms with Crippen LogP contribution in [0, 0.1) is 5.82 Å². The van der Waals surface area contributed by atoms with Crippen LogP contribution in [0.1, 0.15) is 32.8 Å². The second-order valence-corrected chi connectivity index (χ2v) is 6.48. The van der Waals surface area contributed by atoms with Gasteiger partial charge in [0.2, 0.25) is 5.91 Å². The molecule has 1 aromatic carbocycles. The van der Waals surface area contributed by atoms with Crippen LogP contribution in [0.15, 0.2) is 18.2 Å². The van der Waals surface area contributed by atoms with E-state index in [2.05, 4.69) is 31.4 Å². The molecule has 21 heavy (non-hydrogen) atoms. The van der Waals surface area contributed by atoms with Crippen LogP contribution in [0.2, 0.25) is 0 Å². The molecule has 116 valence electrons. The monoisotopic (exact) mass is 293 g/mol. The molecule has 0 bridgehead atoms. The van der Waals surface area contributed by atoms with Gasteiger partial charge in [-0.15, -0.1) is 0 Å². The quantitative estimate of drug-likeness (QED) is 0.896. The molecule has 2 N–H and O–H groups in total. The number of anilines is 1. The predicted molar refractivity (Wildman–Crippen MR) is 82.8 cm³/mol. The van der Waals surface area contributed by atoms with Crippen molar-refractivity contribution in [1.29, 1.82) is 0 Å². The molecule has 0 atom stereocenters. The van der Waals surface area contributed by atoms with E-state index in [-0.39, 0.29) is 23.8 Å². The van der Waals surface area contributed by atoms with Gasteiger partial charge in [0.25, 0.3) is 0 Å². The van der Waals surface area contributed by atoms with Crippen molar-refractivity contribution in [2.24, 2.45) is 0 Å². The van der Waals surface area contributed by atoms with E-state index in [0.717, 1.165) is 12.0 Å². The van der Waals surface area contributed by atoms with Crippen molar-refractivity contribution in [3.05, 3.63) is 29.6 Å². The molecule has 4 nitrogen and oxygen atoms in total. The van der Waals surface area contributed by atoms with Crippen molar-refractivity contribution in [2.75, 3.05) is 24.5 Å². The van der Waals surface area contributed by atoms with E-state index >= 15 is 0 Å². The zero-order valence-corrected chi connectivity index (χ0v) is 13.0. The summed E-state index contributed by atoms with van der Waals surface area (Å²) in [4.78, 5) is 13.6. The van der Waals surface area contributed by atoms with Gasteiger partial charge in [0.15, 0.2) is 0 Å². The van der Waals surface area contributed by atoms with Crippen LogP contribution >= 0.6 is 0 Å². The fourth-order valence-electron chi connectivity index (χ4n) is 2.41. The Labute approximate surface area is 125 Å². The van der Waals surface area contributed by atoms with Crippen LogP contribution in [0.4, 0.5) is 10.1 Å². The second-order valence-electron chi connectivity index (χ2n) is 6.48. The highest BCUT2D eigenvalue weighted by Gasteiger charge is 2.21. The summed E-state index contributed by atoms with van der Waals surface area (Å²) in [6, 6.07) is 5.09. The highest BCUT2D eigenvalue weighted by atomic mass is 19.1. The molecular formula is C16H24FN3O. The van der Waals surface area contributed by atoms with Crippen molar-refractivity contribution < 1.29 is 9.18 Å². The van der Waals surface area contributed by atoms with Gasteiger partial charge in [-0.2, -0.15) is 0 Å². The molecule has 0 radical (unpaired) electrons. The van der Waals surface area contributed by atoms with Gasteiger partial charge in [-0.25, -0.2) is 4.39 Å². The predicted octanol–water partition coefficient (Wildman–Crippen LogP) is 2.04. The second kappa shape index (κ2) is 6.43. The summed E-state index contributed by atoms with van der Waals surface area (Å²) in [6.07, 6.45) is 0.826. The number of para-hydroxylation sites is 1. The van der Waals surface area contributed by atoms with Gasteiger partial charge in [0, 0.05) is 25.2 Å². The number of carbonyl (C=O) groups is 1. The zero-order valence-electron chi connectivity index (χ0n) is 13.0. The summed E-state index contributed by atoms with van der Waals surface area (Å²) in [6.45, 7) is 8.35. The Morgan fingerprint density at radius 1 is 1.38 bits per heavy atom. The molecule has 0 spiro atoms. The first-order chi connectivity index (χ1) is 9.87. The van der Waals surface area contributed by atoms with Gasteiger partial charge in [0.1, 0.15) is 5.82 Å². The number of hydrogen-bond donors (Lipinski definition) is 2. The maximum Gasteiger partial charge on any atom is 0.239 e. The number of nitrogens with zero attached hydrogens (tertiary/aromatic N) is 1. The Morgan fingerprint density at radius 3 is 2.86 bits per heavy atom. The molecule has 1 saturated heterocycles. The molecule has 1 heterocycles. The molecule has 5 heteroatoms. The van der Waals surface area contributed by atoms with Gasteiger partial charge >= 0.3 is 0 Å². The number of benzene rings is 1. The topological polar surface area (TPSA) is 44.4 Å². The highest BCUT2D eigenvalue weighted by molar-refractivity contribution is 5.82. The first kappa shape index (κ1) is 15.8. The summed E-state index contributed by atoms with van der Waals surface area (Å²) in [7, 11) is 0. The molecule has 1 aliphatic heterocycles. The van der Waals surface area contributed by atoms with Crippen molar-refractivity contribution >= 4 is 11.6 Å². The zero-order chi connectivity index (χ0) is 15.5. The van der Waals surface area contributed by atoms with Gasteiger partial charge in [-0.05, 0) is 38.8 Å². The normalized spacial score (nSPS) is 16.6. The SMILES string of the molecule is CC(C)(C)NCc1cccc(F)c1N1CCCNC(=O)C1. The van der Waals surface area contributed by atoms with Crippen LogP contribution in [-0.2, 0) is 11.3 Å². The molecule has 1 amide bonds. The number of carbonyl (C=O) groups excluding carboxylic acids is 1. The van der Waals surface area contributed by atoms with Gasteiger partial charge < -0.3 is 15.5 Å². The van der Waals surface area contributed by atoms with Crippen LogP contribution in [0.5, 0.6) is 0 Å². The maximum absolute atomic E-state index is 14.3. The minimum atomic E-state index is -0.266. The molecule has 2 rings (SSSR count). The summed E-state index contributed by atoms with van der Waals surface area (Å²) in [5.41, 5.74) is 1.39. The van der Waals surface area contributed by atoms with E-state index < -0.39 is 0 Å². The van der Waals surface area contributed by atoms with E-state index in [1.807, 2.05) is 11.0 Å². The fraction of sp³-hybridized carbons (Fsp3) is 0.562. The Hall–Kier alpha value is -1.62. The number of halogens is 1. The highest BCUT2D eigenvalue weighted by Crippen LogP contribution is 2.25. The summed E-state index contributed by atoms with van der Waals surface area (Å²) < 4.78 is 14.3. The molecule has 1 aliphatic rings. The molecular weight excluding hydrogens is 269 g/mol. The standard InChI is InChI=1S/C16H24FN3O/c1-16(2,3)19-10-12-6-4-7-13(17)15(12)20-9-5-8-18-14(21)11-20/h4,6-7,19H,5,8-11H2,1-3H3,(H,18,21). The summed E-state index contributed by atoms with van der Waals surface area (Å²) >= 11 is 0. The van der Waals surface area contributed by atoms with Crippen LogP contribution in [-0.4, -0.2) is 31.1 Å². The van der Waals surface area contributed by atoms with E-state index in [1.54, 1.807) is 6.07 Å². The fourth-order valence-corrected chi connectivity index (χ4v) is 2.41. The minimum absolute atomic E-state index is 0.0419. The average molecular weight is 293 g/mol. The van der Waals surface area contributed by atoms with Crippen molar-refractivity contribution in [3.8, 4) is 0 Å². The smallest absolute Gasteiger partial charge is 0.239 e. The largest absolute Gasteiger partial charge is 0.360 e. The Bertz CT molecular complexity index is 511. The lowest BCUT2D eigenvalue weighted by Crippen LogP contribution is -2.37. The molecule has 1 aromatic rings. The maximum atomic E-state index is 14.3. The first-order valence-corrected chi connectivity index (χ1v) is 7.41. The van der Waals surface area contributed by atoms with Crippen LogP contribution in [0.3, 0.4) is 0 Å². The lowest BCUT2D eigenvalue weighted by molar-refractivity contribution is -0.119. The number of amides is 1. The van der Waals surface area contributed by atoms with E-state index in [1.165, 1.54) is 6.07 Å². The third-order valence-corrected chi connectivity index (χ3v) is 3.46. The van der Waals surface area contributed by atoms with Gasteiger partial charge in [-0.3, -0.25) is 4.79 Å². The number of hydrogen-bond acceptors (Lipinski definition) is 3. The molecule has 0 aliphatic carbocycles. The lowest BCUT2D eigenvalue weighted by atomic mass is 10.1. The Morgan fingerprint density at radius 2 is 2.14 bits per heavy atom. The summed E-state index contributed by atoms with van der Waals surface area (Å²) in [5.74, 6) is -0.316. The molecule has 0 saturated carbocycles. The molecule has 0 aromatic heterocycles. The van der Waals surface area contributed by atoms with E-state index in [4.69, 9.17) is 0 Å². The van der Waals surface area contributed by atoms with Crippen LogP contribution < -0.4 is 15.5 Å². The minimum Gasteiger partial charge on any atom is -0.360 e. The third kappa shape index (κ3) is 4.43. The van der Waals surface area contributed by atoms with E-state index in [9.17, 15) is 9.18 Å². The van der Waals surface area contributed by atoms with Crippen molar-refractivity contribution in [1.82, 2.24) is 10.6 Å². The Kier molecular flexibility index (Phi) is 4.83. The van der Waals surface area contributed by atoms with Crippen molar-refractivity contribution in [2.45, 2.75) is 39.3 Å². The third-order valence-electron chi connectivity index (χ3n) is 3.46. The molecule has 1 fully saturated rings. The number of rotatable bonds is 3. The molecule has 0 unspecified atom stereocenters. The van der Waals surface area contributed by atoms with E-state index in [0.29, 0.717) is 25.3 Å². The lowest BCUT2D eigenvalue weighted by Gasteiger charge is -2.27. The average Bonchev–Trinajstić information content (AvgIpc) is 2.60. The first-order valence-electron chi connectivity index (χ1n) is 7.41. The van der Waals surface area contributed by atoms with Gasteiger partial charge in [-0.1, -0.05) is 12.1 Å². The number of nitrogens with one attached hydrogen (secondary N) is 2.